The van der Waals surface area contributed by atoms with Gasteiger partial charge in [-0.1, -0.05) is 0 Å². The molecule has 0 radical (unpaired) electrons. The third-order valence-corrected chi connectivity index (χ3v) is 2.60. The highest BCUT2D eigenvalue weighted by atomic mass is 127. The van der Waals surface area contributed by atoms with Crippen molar-refractivity contribution in [3.63, 3.8) is 0 Å². The van der Waals surface area contributed by atoms with E-state index in [1.807, 2.05) is 0 Å². The molecule has 0 bridgehead atoms. The van der Waals surface area contributed by atoms with Gasteiger partial charge < -0.3 is 61.7 Å². The van der Waals surface area contributed by atoms with Gasteiger partial charge in [0, 0.05) is 0 Å². The van der Waals surface area contributed by atoms with Crippen LogP contribution in [0.4, 0.5) is 0 Å². The zero-order valence-corrected chi connectivity index (χ0v) is 15.9. The number of halogens is 2. The largest absolute Gasteiger partial charge is 1.00 e. The number of nitrogens with zero attached hydrogens (tertiary/aromatic N) is 2. The van der Waals surface area contributed by atoms with Gasteiger partial charge in [0.2, 0.25) is 0 Å². The molecule has 102 valence electrons. The number of hydrogen-bond acceptors (Lipinski definition) is 1. The van der Waals surface area contributed by atoms with Crippen LogP contribution in [0.2, 0.25) is 0 Å². The molecule has 0 aliphatic rings. The minimum atomic E-state index is 0. The van der Waals surface area contributed by atoms with Crippen molar-refractivity contribution in [2.24, 2.45) is 0 Å². The highest BCUT2D eigenvalue weighted by Crippen LogP contribution is 1.95. The van der Waals surface area contributed by atoms with Gasteiger partial charge in [-0.25, -0.2) is 0 Å². The van der Waals surface area contributed by atoms with Gasteiger partial charge in [-0.3, -0.25) is 0 Å². The van der Waals surface area contributed by atoms with Crippen molar-refractivity contribution in [2.75, 3.05) is 68.1 Å². The quantitative estimate of drug-likeness (QED) is 0.211. The SMILES string of the molecule is CC[N+](C)(C)CCOCC[N+](C)(C)C.[I-].[I-]. The summed E-state index contributed by atoms with van der Waals surface area (Å²) < 4.78 is 7.64. The minimum absolute atomic E-state index is 0. The van der Waals surface area contributed by atoms with E-state index in [1.54, 1.807) is 0 Å². The molecule has 0 saturated carbocycles. The van der Waals surface area contributed by atoms with E-state index in [1.165, 1.54) is 6.54 Å². The van der Waals surface area contributed by atoms with Gasteiger partial charge in [0.15, 0.2) is 0 Å². The first-order valence-corrected chi connectivity index (χ1v) is 5.47. The highest BCUT2D eigenvalue weighted by Gasteiger charge is 2.11. The van der Waals surface area contributed by atoms with Crippen LogP contribution in [0.3, 0.4) is 0 Å². The van der Waals surface area contributed by atoms with Crippen molar-refractivity contribution in [3.05, 3.63) is 0 Å². The number of likely N-dealkylation sites (N-methyl/N-ethyl adjacent to an activating group) is 2. The molecule has 5 heteroatoms. The van der Waals surface area contributed by atoms with E-state index in [-0.39, 0.29) is 48.0 Å². The second-order valence-electron chi connectivity index (χ2n) is 5.60. The van der Waals surface area contributed by atoms with E-state index in [0.717, 1.165) is 35.3 Å². The molecular formula is C11H28I2N2O. The lowest BCUT2D eigenvalue weighted by molar-refractivity contribution is -0.889. The predicted molar refractivity (Wildman–Crippen MR) is 61.2 cm³/mol. The Hall–Kier alpha value is 1.34. The second kappa shape index (κ2) is 10.3. The lowest BCUT2D eigenvalue weighted by Gasteiger charge is -2.28. The van der Waals surface area contributed by atoms with Gasteiger partial charge in [0.05, 0.1) is 55.0 Å². The average Bonchev–Trinajstić information content (AvgIpc) is 2.01. The fourth-order valence-corrected chi connectivity index (χ4v) is 0.910. The second-order valence-corrected chi connectivity index (χ2v) is 5.60. The first-order chi connectivity index (χ1) is 6.27. The van der Waals surface area contributed by atoms with E-state index < -0.39 is 0 Å². The molecule has 0 aromatic heterocycles. The van der Waals surface area contributed by atoms with Crippen LogP contribution in [0.1, 0.15) is 6.92 Å². The van der Waals surface area contributed by atoms with Gasteiger partial charge in [0.25, 0.3) is 0 Å². The average molecular weight is 458 g/mol. The van der Waals surface area contributed by atoms with E-state index in [2.05, 4.69) is 42.2 Å². The molecule has 0 rings (SSSR count). The number of hydrogen-bond donors (Lipinski definition) is 0. The Morgan fingerprint density at radius 1 is 0.812 bits per heavy atom. The van der Waals surface area contributed by atoms with Crippen LogP contribution in [-0.2, 0) is 4.74 Å². The Morgan fingerprint density at radius 2 is 1.25 bits per heavy atom. The molecule has 16 heavy (non-hydrogen) atoms. The van der Waals surface area contributed by atoms with E-state index >= 15 is 0 Å². The zero-order chi connectivity index (χ0) is 11.2. The van der Waals surface area contributed by atoms with Gasteiger partial charge in [-0.2, -0.15) is 0 Å². The Kier molecular flexibility index (Phi) is 14.5. The Bertz CT molecular complexity index is 159. The molecule has 0 N–H and O–H groups in total. The van der Waals surface area contributed by atoms with Crippen LogP contribution < -0.4 is 48.0 Å². The van der Waals surface area contributed by atoms with Crippen LogP contribution >= 0.6 is 0 Å². The van der Waals surface area contributed by atoms with Crippen LogP contribution in [0.15, 0.2) is 0 Å². The maximum atomic E-state index is 5.62. The molecule has 0 aromatic carbocycles. The van der Waals surface area contributed by atoms with Gasteiger partial charge in [-0.15, -0.1) is 0 Å². The summed E-state index contributed by atoms with van der Waals surface area (Å²) in [5.74, 6) is 0. The summed E-state index contributed by atoms with van der Waals surface area (Å²) in [5, 5.41) is 0. The number of quaternary nitrogens is 2. The van der Waals surface area contributed by atoms with E-state index in [9.17, 15) is 0 Å². The van der Waals surface area contributed by atoms with Gasteiger partial charge in [0.1, 0.15) is 13.1 Å². The van der Waals surface area contributed by atoms with Crippen molar-refractivity contribution in [1.29, 1.82) is 0 Å². The summed E-state index contributed by atoms with van der Waals surface area (Å²) in [6.07, 6.45) is 0. The minimum Gasteiger partial charge on any atom is -1.00 e. The topological polar surface area (TPSA) is 9.23 Å². The molecule has 0 aliphatic heterocycles. The van der Waals surface area contributed by atoms with Crippen LogP contribution in [-0.4, -0.2) is 77.1 Å². The fraction of sp³-hybridized carbons (Fsp3) is 1.00. The fourth-order valence-electron chi connectivity index (χ4n) is 0.910. The van der Waals surface area contributed by atoms with Crippen LogP contribution in [0.5, 0.6) is 0 Å². The predicted octanol–water partition coefficient (Wildman–Crippen LogP) is -5.19. The first-order valence-electron chi connectivity index (χ1n) is 5.47. The number of ether oxygens (including phenoxy) is 1. The molecule has 0 aromatic rings. The van der Waals surface area contributed by atoms with Crippen LogP contribution in [0, 0.1) is 0 Å². The third-order valence-electron chi connectivity index (χ3n) is 2.60. The van der Waals surface area contributed by atoms with Crippen molar-refractivity contribution < 1.29 is 61.7 Å². The normalized spacial score (nSPS) is 11.6. The third kappa shape index (κ3) is 15.3. The summed E-state index contributed by atoms with van der Waals surface area (Å²) in [5.41, 5.74) is 0. The Balaban J connectivity index is -0.000000845. The van der Waals surface area contributed by atoms with Crippen molar-refractivity contribution in [1.82, 2.24) is 0 Å². The lowest BCUT2D eigenvalue weighted by atomic mass is 10.4. The maximum absolute atomic E-state index is 5.62. The summed E-state index contributed by atoms with van der Waals surface area (Å²) in [6, 6.07) is 0. The summed E-state index contributed by atoms with van der Waals surface area (Å²) >= 11 is 0. The van der Waals surface area contributed by atoms with Crippen molar-refractivity contribution in [3.8, 4) is 0 Å². The monoisotopic (exact) mass is 458 g/mol. The molecule has 0 atom stereocenters. The lowest BCUT2D eigenvalue weighted by Crippen LogP contribution is -3.00. The molecule has 3 nitrogen and oxygen atoms in total. The molecule has 0 aliphatic carbocycles. The molecular weight excluding hydrogens is 430 g/mol. The molecule has 0 unspecified atom stereocenters. The highest BCUT2D eigenvalue weighted by molar-refractivity contribution is 4.33. The summed E-state index contributed by atoms with van der Waals surface area (Å²) in [7, 11) is 11.0. The Labute approximate surface area is 136 Å². The molecule has 0 fully saturated rings. The van der Waals surface area contributed by atoms with Crippen LogP contribution in [0.25, 0.3) is 0 Å². The van der Waals surface area contributed by atoms with E-state index in [4.69, 9.17) is 4.74 Å². The van der Waals surface area contributed by atoms with Crippen molar-refractivity contribution in [2.45, 2.75) is 6.92 Å². The zero-order valence-electron chi connectivity index (χ0n) is 11.6. The number of rotatable bonds is 7. The molecule has 0 amide bonds. The van der Waals surface area contributed by atoms with Gasteiger partial charge in [-0.05, 0) is 6.92 Å². The smallest absolute Gasteiger partial charge is 0.102 e. The molecule has 0 saturated heterocycles. The van der Waals surface area contributed by atoms with Gasteiger partial charge >= 0.3 is 0 Å². The standard InChI is InChI=1S/C11H28N2O.2HI/c1-7-13(5,6)9-11-14-10-8-12(2,3)4;;/h7-11H2,1-6H3;2*1H/q+2;;/p-2. The van der Waals surface area contributed by atoms with Crippen molar-refractivity contribution >= 4 is 0 Å². The molecule has 0 spiro atoms. The first kappa shape index (κ1) is 22.5. The summed E-state index contributed by atoms with van der Waals surface area (Å²) in [6.45, 7) is 7.31. The maximum Gasteiger partial charge on any atom is 0.102 e. The van der Waals surface area contributed by atoms with E-state index in [0.29, 0.717) is 0 Å². The summed E-state index contributed by atoms with van der Waals surface area (Å²) in [4.78, 5) is 0. The Morgan fingerprint density at radius 3 is 1.62 bits per heavy atom. The molecule has 0 heterocycles.